The molecule has 5 rings (SSSR count). The van der Waals surface area contributed by atoms with Gasteiger partial charge in [0, 0.05) is 24.5 Å². The molecule has 1 aromatic heterocycles. The Labute approximate surface area is 193 Å². The smallest absolute Gasteiger partial charge is 0.165 e. The molecule has 1 fully saturated rings. The summed E-state index contributed by atoms with van der Waals surface area (Å²) in [4.78, 5) is 12.0. The van der Waals surface area contributed by atoms with Crippen LogP contribution in [0, 0.1) is 6.92 Å². The first-order chi connectivity index (χ1) is 16.2. The number of hydrogen-bond acceptors (Lipinski definition) is 6. The second kappa shape index (κ2) is 9.57. The maximum atomic E-state index is 10.4. The van der Waals surface area contributed by atoms with E-state index in [4.69, 9.17) is 14.7 Å². The van der Waals surface area contributed by atoms with Crippen LogP contribution >= 0.6 is 0 Å². The molecule has 1 atom stereocenters. The first kappa shape index (κ1) is 21.4. The number of hydrogen-bond donors (Lipinski definition) is 2. The van der Waals surface area contributed by atoms with Crippen molar-refractivity contribution >= 4 is 16.7 Å². The molecule has 0 radical (unpaired) electrons. The second-order valence-corrected chi connectivity index (χ2v) is 8.52. The van der Waals surface area contributed by atoms with Gasteiger partial charge in [0.05, 0.1) is 24.4 Å². The summed E-state index contributed by atoms with van der Waals surface area (Å²) >= 11 is 0. The van der Waals surface area contributed by atoms with Crippen molar-refractivity contribution < 1.29 is 9.84 Å². The number of rotatable bonds is 7. The molecule has 0 unspecified atom stereocenters. The van der Waals surface area contributed by atoms with E-state index in [1.807, 2.05) is 36.4 Å². The van der Waals surface area contributed by atoms with Gasteiger partial charge in [-0.3, -0.25) is 5.32 Å². The number of ether oxygens (including phenoxy) is 1. The van der Waals surface area contributed by atoms with Crippen LogP contribution in [-0.4, -0.2) is 40.9 Å². The summed E-state index contributed by atoms with van der Waals surface area (Å²) in [5.74, 6) is 1.64. The van der Waals surface area contributed by atoms with Crippen LogP contribution in [-0.2, 0) is 11.3 Å². The Balaban J connectivity index is 1.33. The zero-order valence-corrected chi connectivity index (χ0v) is 18.7. The maximum Gasteiger partial charge on any atom is 0.165 e. The quantitative estimate of drug-likeness (QED) is 0.322. The van der Waals surface area contributed by atoms with Crippen molar-refractivity contribution in [2.24, 2.45) is 0 Å². The number of aryl methyl sites for hydroxylation is 1. The largest absolute Gasteiger partial charge is 0.507 e. The van der Waals surface area contributed by atoms with E-state index in [-0.39, 0.29) is 5.75 Å². The van der Waals surface area contributed by atoms with Gasteiger partial charge in [-0.2, -0.15) is 0 Å². The highest BCUT2D eigenvalue weighted by Gasteiger charge is 2.25. The monoisotopic (exact) mass is 440 g/mol. The third-order valence-corrected chi connectivity index (χ3v) is 6.05. The molecule has 0 amide bonds. The summed E-state index contributed by atoms with van der Waals surface area (Å²) in [7, 11) is 0. The Morgan fingerprint density at radius 1 is 1.03 bits per heavy atom. The van der Waals surface area contributed by atoms with Crippen molar-refractivity contribution in [3.8, 4) is 17.1 Å². The highest BCUT2D eigenvalue weighted by molar-refractivity contribution is 5.92. The number of anilines is 1. The number of nitrogens with one attached hydrogen (secondary N) is 1. The molecule has 6 nitrogen and oxygen atoms in total. The number of para-hydroxylation sites is 1. The minimum absolute atomic E-state index is 0.187. The normalized spacial score (nSPS) is 15.9. The fourth-order valence-corrected chi connectivity index (χ4v) is 4.29. The fourth-order valence-electron chi connectivity index (χ4n) is 4.29. The summed E-state index contributed by atoms with van der Waals surface area (Å²) in [6, 6.07) is 24.0. The lowest BCUT2D eigenvalue weighted by Gasteiger charge is -2.21. The number of aromatic nitrogens is 2. The molecular weight excluding hydrogens is 412 g/mol. The van der Waals surface area contributed by atoms with Crippen LogP contribution in [0.2, 0.25) is 0 Å². The van der Waals surface area contributed by atoms with Gasteiger partial charge >= 0.3 is 0 Å². The first-order valence-electron chi connectivity index (χ1n) is 11.3. The predicted molar refractivity (Wildman–Crippen MR) is 131 cm³/mol. The second-order valence-electron chi connectivity index (χ2n) is 8.52. The minimum atomic E-state index is 0.187. The number of aromatic hydroxyl groups is 1. The number of fused-ring (bicyclic) bond motifs is 1. The van der Waals surface area contributed by atoms with E-state index in [2.05, 4.69) is 47.5 Å². The Morgan fingerprint density at radius 3 is 2.70 bits per heavy atom. The van der Waals surface area contributed by atoms with E-state index in [9.17, 15) is 5.11 Å². The Hall–Kier alpha value is -3.48. The molecule has 33 heavy (non-hydrogen) atoms. The molecular formula is C27H28N4O2. The number of nitrogens with zero attached hydrogens (tertiary/aromatic N) is 3. The summed E-state index contributed by atoms with van der Waals surface area (Å²) in [5, 5.41) is 14.9. The highest BCUT2D eigenvalue weighted by atomic mass is 16.5. The van der Waals surface area contributed by atoms with E-state index in [0.717, 1.165) is 41.8 Å². The molecule has 0 spiro atoms. The molecule has 168 valence electrons. The molecule has 1 saturated heterocycles. The number of benzene rings is 3. The van der Waals surface area contributed by atoms with Crippen molar-refractivity contribution in [2.45, 2.75) is 26.0 Å². The minimum Gasteiger partial charge on any atom is -0.507 e. The topological polar surface area (TPSA) is 70.5 Å². The Bertz CT molecular complexity index is 1250. The van der Waals surface area contributed by atoms with Crippen molar-refractivity contribution in [1.82, 2.24) is 15.3 Å². The van der Waals surface area contributed by atoms with Crippen LogP contribution in [0.25, 0.3) is 22.3 Å². The summed E-state index contributed by atoms with van der Waals surface area (Å²) < 4.78 is 5.81. The zero-order chi connectivity index (χ0) is 22.6. The van der Waals surface area contributed by atoms with Crippen LogP contribution in [0.5, 0.6) is 5.75 Å². The average Bonchev–Trinajstić information content (AvgIpc) is 3.31. The third kappa shape index (κ3) is 4.82. The van der Waals surface area contributed by atoms with Gasteiger partial charge in [-0.15, -0.1) is 0 Å². The molecule has 1 aliphatic rings. The fraction of sp³-hybridized carbons (Fsp3) is 0.259. The van der Waals surface area contributed by atoms with E-state index in [1.54, 1.807) is 6.07 Å². The number of phenolic OH excluding ortho intramolecular Hbond substituents is 1. The lowest BCUT2D eigenvalue weighted by Crippen LogP contribution is -2.34. The van der Waals surface area contributed by atoms with Crippen molar-refractivity contribution in [3.63, 3.8) is 0 Å². The Morgan fingerprint density at radius 2 is 1.85 bits per heavy atom. The molecule has 0 aliphatic carbocycles. The molecule has 6 heteroatoms. The first-order valence-corrected chi connectivity index (χ1v) is 11.3. The standard InChI is InChI=1S/C27H28N4O2/c1-19-11-12-22-24(15-19)29-26(23-9-5-6-10-25(23)32)30-27(22)31-14-13-21(16-31)28-18-33-17-20-7-3-2-4-8-20/h2-12,15,21,28,32H,13-14,16-18H2,1H3/t21-/m1/s1. The lowest BCUT2D eigenvalue weighted by atomic mass is 10.1. The van der Waals surface area contributed by atoms with Gasteiger partial charge in [0.15, 0.2) is 5.82 Å². The van der Waals surface area contributed by atoms with Gasteiger partial charge in [0.1, 0.15) is 11.6 Å². The van der Waals surface area contributed by atoms with Crippen molar-refractivity contribution in [3.05, 3.63) is 83.9 Å². The van der Waals surface area contributed by atoms with Crippen molar-refractivity contribution in [1.29, 1.82) is 0 Å². The SMILES string of the molecule is Cc1ccc2c(N3CC[C@@H](NCOCc4ccccc4)C3)nc(-c3ccccc3O)nc2c1. The van der Waals surface area contributed by atoms with Crippen LogP contribution < -0.4 is 10.2 Å². The number of phenols is 1. The van der Waals surface area contributed by atoms with E-state index in [1.165, 1.54) is 5.56 Å². The predicted octanol–water partition coefficient (Wildman–Crippen LogP) is 4.65. The molecule has 3 aromatic carbocycles. The maximum absolute atomic E-state index is 10.4. The van der Waals surface area contributed by atoms with Gasteiger partial charge in [0.2, 0.25) is 0 Å². The molecule has 4 aromatic rings. The third-order valence-electron chi connectivity index (χ3n) is 6.05. The summed E-state index contributed by atoms with van der Waals surface area (Å²) in [5.41, 5.74) is 3.85. The molecule has 0 saturated carbocycles. The van der Waals surface area contributed by atoms with Crippen LogP contribution in [0.4, 0.5) is 5.82 Å². The van der Waals surface area contributed by atoms with Crippen LogP contribution in [0.15, 0.2) is 72.8 Å². The zero-order valence-electron chi connectivity index (χ0n) is 18.7. The van der Waals surface area contributed by atoms with Gasteiger partial charge < -0.3 is 14.7 Å². The van der Waals surface area contributed by atoms with Crippen molar-refractivity contribution in [2.75, 3.05) is 24.7 Å². The van der Waals surface area contributed by atoms with Crippen LogP contribution in [0.1, 0.15) is 17.5 Å². The summed E-state index contributed by atoms with van der Waals surface area (Å²) in [6.45, 7) is 4.92. The molecule has 2 N–H and O–H groups in total. The van der Waals surface area contributed by atoms with E-state index < -0.39 is 0 Å². The van der Waals surface area contributed by atoms with Crippen LogP contribution in [0.3, 0.4) is 0 Å². The highest BCUT2D eigenvalue weighted by Crippen LogP contribution is 2.33. The molecule has 1 aliphatic heterocycles. The van der Waals surface area contributed by atoms with Gasteiger partial charge in [0.25, 0.3) is 0 Å². The summed E-state index contributed by atoms with van der Waals surface area (Å²) in [6.07, 6.45) is 1.01. The van der Waals surface area contributed by atoms with Gasteiger partial charge in [-0.25, -0.2) is 9.97 Å². The van der Waals surface area contributed by atoms with E-state index >= 15 is 0 Å². The van der Waals surface area contributed by atoms with E-state index in [0.29, 0.717) is 30.8 Å². The molecule has 0 bridgehead atoms. The lowest BCUT2D eigenvalue weighted by molar-refractivity contribution is 0.0970. The van der Waals surface area contributed by atoms with Gasteiger partial charge in [-0.1, -0.05) is 48.5 Å². The average molecular weight is 441 g/mol. The molecule has 2 heterocycles. The Kier molecular flexibility index (Phi) is 6.19. The van der Waals surface area contributed by atoms with Gasteiger partial charge in [-0.05, 0) is 48.7 Å².